The second-order valence-corrected chi connectivity index (χ2v) is 7.00. The Morgan fingerprint density at radius 1 is 1.44 bits per heavy atom. The molecule has 0 bridgehead atoms. The van der Waals surface area contributed by atoms with Gasteiger partial charge in [0.1, 0.15) is 17.1 Å². The van der Waals surface area contributed by atoms with Gasteiger partial charge in [0.25, 0.3) is 0 Å². The zero-order chi connectivity index (χ0) is 26.1. The van der Waals surface area contributed by atoms with E-state index in [1.54, 1.807) is 6.08 Å². The van der Waals surface area contributed by atoms with E-state index in [0.29, 0.717) is 18.4 Å². The number of hydrogen-bond donors (Lipinski definition) is 2. The molecule has 25 heavy (non-hydrogen) atoms. The number of phenols is 1. The van der Waals surface area contributed by atoms with Gasteiger partial charge in [-0.1, -0.05) is 25.7 Å². The van der Waals surface area contributed by atoms with Gasteiger partial charge in [-0.05, 0) is 57.2 Å². The summed E-state index contributed by atoms with van der Waals surface area (Å²) in [5, 5.41) is 20.3. The molecular weight excluding hydrogens is 316 g/mol. The smallest absolute Gasteiger partial charge is 0.331 e. The largest absolute Gasteiger partial charge is 0.507 e. The lowest BCUT2D eigenvalue weighted by atomic mass is 9.67. The summed E-state index contributed by atoms with van der Waals surface area (Å²) in [4.78, 5) is 11.5. The zero-order valence-corrected chi connectivity index (χ0v) is 14.2. The number of fused-ring (bicyclic) bond motifs is 3. The SMILES string of the molecule is [2H]C([2H])([2H])C([2H])([2H])C([2H])([2H])C([2H])([2H])Cc1cc(O)c2c(c1)OC(C)(C)[C@H]1CCC(C(=O)O)=C[C@H]21. The van der Waals surface area contributed by atoms with Gasteiger partial charge in [0.15, 0.2) is 0 Å². The molecule has 0 fully saturated rings. The maximum atomic E-state index is 11.5. The Labute approximate surface area is 162 Å². The Morgan fingerprint density at radius 2 is 2.24 bits per heavy atom. The summed E-state index contributed by atoms with van der Waals surface area (Å²) >= 11 is 0. The van der Waals surface area contributed by atoms with E-state index in [0.717, 1.165) is 0 Å². The van der Waals surface area contributed by atoms with Crippen LogP contribution in [0, 0.1) is 5.92 Å². The minimum Gasteiger partial charge on any atom is -0.507 e. The van der Waals surface area contributed by atoms with Crippen molar-refractivity contribution < 1.29 is 32.1 Å². The van der Waals surface area contributed by atoms with Crippen LogP contribution in [0.4, 0.5) is 0 Å². The molecule has 1 heterocycles. The van der Waals surface area contributed by atoms with Crippen LogP contribution in [0.1, 0.15) is 82.0 Å². The molecule has 4 nitrogen and oxygen atoms in total. The van der Waals surface area contributed by atoms with Crippen LogP contribution in [0.2, 0.25) is 0 Å². The van der Waals surface area contributed by atoms with Crippen LogP contribution in [-0.2, 0) is 11.2 Å². The fourth-order valence-corrected chi connectivity index (χ4v) is 3.89. The molecule has 2 aliphatic rings. The fourth-order valence-electron chi connectivity index (χ4n) is 3.89. The van der Waals surface area contributed by atoms with Gasteiger partial charge in [0.2, 0.25) is 0 Å². The zero-order valence-electron chi connectivity index (χ0n) is 23.2. The van der Waals surface area contributed by atoms with Gasteiger partial charge >= 0.3 is 5.97 Å². The molecule has 0 saturated carbocycles. The predicted octanol–water partition coefficient (Wildman–Crippen LogP) is 4.80. The first-order chi connectivity index (χ1) is 15.2. The van der Waals surface area contributed by atoms with Crippen molar-refractivity contribution in [2.24, 2.45) is 5.92 Å². The van der Waals surface area contributed by atoms with Gasteiger partial charge < -0.3 is 14.9 Å². The lowest BCUT2D eigenvalue weighted by Gasteiger charge is -2.46. The van der Waals surface area contributed by atoms with Crippen LogP contribution >= 0.6 is 0 Å². The first-order valence-electron chi connectivity index (χ1n) is 12.7. The van der Waals surface area contributed by atoms with Crippen LogP contribution in [0.3, 0.4) is 0 Å². The normalized spacial score (nSPS) is 31.4. The molecule has 1 aromatic rings. The molecule has 0 aromatic heterocycles. The van der Waals surface area contributed by atoms with E-state index in [1.807, 2.05) is 13.8 Å². The number of carboxylic acid groups (broad SMARTS) is 1. The first kappa shape index (κ1) is 9.65. The number of aromatic hydroxyl groups is 1. The van der Waals surface area contributed by atoms with Crippen LogP contribution in [-0.4, -0.2) is 21.8 Å². The van der Waals surface area contributed by atoms with Crippen molar-refractivity contribution in [3.8, 4) is 11.5 Å². The van der Waals surface area contributed by atoms with Crippen molar-refractivity contribution in [1.29, 1.82) is 0 Å². The summed E-state index contributed by atoms with van der Waals surface area (Å²) in [6.07, 6.45) is -8.08. The quantitative estimate of drug-likeness (QED) is 0.798. The molecule has 0 amide bonds. The van der Waals surface area contributed by atoms with Gasteiger partial charge in [-0.25, -0.2) is 4.79 Å². The minimum atomic E-state index is -3.48. The number of aliphatic carboxylic acids is 1. The molecular formula is C21H28O4. The lowest BCUT2D eigenvalue weighted by Crippen LogP contribution is -2.45. The van der Waals surface area contributed by atoms with Crippen molar-refractivity contribution in [1.82, 2.24) is 0 Å². The number of hydrogen-bond acceptors (Lipinski definition) is 3. The summed E-state index contributed by atoms with van der Waals surface area (Å²) < 4.78 is 76.1. The van der Waals surface area contributed by atoms with E-state index in [9.17, 15) is 15.0 Å². The number of rotatable bonds is 5. The van der Waals surface area contributed by atoms with Gasteiger partial charge in [0.05, 0.1) is 0 Å². The first-order valence-corrected chi connectivity index (χ1v) is 8.22. The Bertz CT molecular complexity index is 1030. The van der Waals surface area contributed by atoms with E-state index >= 15 is 0 Å². The average Bonchev–Trinajstić information content (AvgIpc) is 2.65. The average molecular weight is 354 g/mol. The summed E-state index contributed by atoms with van der Waals surface area (Å²) in [5.41, 5.74) is -0.0768. The maximum Gasteiger partial charge on any atom is 0.331 e. The van der Waals surface area contributed by atoms with Crippen LogP contribution in [0.25, 0.3) is 0 Å². The van der Waals surface area contributed by atoms with Crippen molar-refractivity contribution >= 4 is 5.97 Å². The number of carboxylic acids is 1. The molecule has 2 atom stereocenters. The molecule has 1 aliphatic carbocycles. The van der Waals surface area contributed by atoms with Crippen molar-refractivity contribution in [3.05, 3.63) is 34.9 Å². The number of allylic oxidation sites excluding steroid dienone is 1. The highest BCUT2D eigenvalue weighted by atomic mass is 16.5. The molecule has 136 valence electrons. The molecule has 2 N–H and O–H groups in total. The monoisotopic (exact) mass is 353 g/mol. The molecule has 1 aliphatic heterocycles. The van der Waals surface area contributed by atoms with E-state index in [4.69, 9.17) is 17.1 Å². The molecule has 0 saturated heterocycles. The van der Waals surface area contributed by atoms with Crippen molar-refractivity contribution in [2.75, 3.05) is 0 Å². The second kappa shape index (κ2) is 6.74. The van der Waals surface area contributed by atoms with Gasteiger partial charge in [-0.2, -0.15) is 0 Å². The predicted molar refractivity (Wildman–Crippen MR) is 97.2 cm³/mol. The molecule has 0 radical (unpaired) electrons. The Morgan fingerprint density at radius 3 is 2.96 bits per heavy atom. The lowest BCUT2D eigenvalue weighted by molar-refractivity contribution is -0.133. The highest BCUT2D eigenvalue weighted by Crippen LogP contribution is 2.53. The van der Waals surface area contributed by atoms with Crippen LogP contribution in [0.15, 0.2) is 23.8 Å². The Hall–Kier alpha value is -1.97. The van der Waals surface area contributed by atoms with E-state index in [1.165, 1.54) is 12.1 Å². The van der Waals surface area contributed by atoms with Gasteiger partial charge in [-0.3, -0.25) is 0 Å². The maximum absolute atomic E-state index is 11.5. The number of aryl methyl sites for hydroxylation is 1. The number of benzene rings is 1. The van der Waals surface area contributed by atoms with E-state index in [2.05, 4.69) is 0 Å². The highest BCUT2D eigenvalue weighted by Gasteiger charge is 2.46. The number of phenolic OH excluding ortho intramolecular Hbond substituents is 1. The fraction of sp³-hybridized carbons (Fsp3) is 0.571. The van der Waals surface area contributed by atoms with Gasteiger partial charge in [0, 0.05) is 35.3 Å². The Kier molecular flexibility index (Phi) is 2.60. The summed E-state index contributed by atoms with van der Waals surface area (Å²) in [7, 11) is 0. The second-order valence-electron chi connectivity index (χ2n) is 7.00. The molecule has 4 heteroatoms. The summed E-state index contributed by atoms with van der Waals surface area (Å²) in [6, 6.07) is 2.62. The topological polar surface area (TPSA) is 66.8 Å². The highest BCUT2D eigenvalue weighted by molar-refractivity contribution is 5.87. The summed E-state index contributed by atoms with van der Waals surface area (Å²) in [6.45, 7) is 0.262. The third-order valence-electron chi connectivity index (χ3n) is 5.04. The van der Waals surface area contributed by atoms with Crippen LogP contribution in [0.5, 0.6) is 11.5 Å². The Balaban J connectivity index is 2.05. The minimum absolute atomic E-state index is 0.0824. The molecule has 0 spiro atoms. The van der Waals surface area contributed by atoms with Crippen molar-refractivity contribution in [2.45, 2.75) is 70.6 Å². The standard InChI is InChI=1S/C21H28O4/c1-4-5-6-7-13-10-17(22)19-15-12-14(20(23)24)8-9-16(15)21(2,3)25-18(19)11-13/h10-12,15-16,22H,4-9H2,1-3H3,(H,23,24)/t15-,16-/m0/s1/i1D3,4D2,5D2,6D2. The number of carbonyl (C=O) groups is 1. The third-order valence-corrected chi connectivity index (χ3v) is 5.04. The molecule has 3 rings (SSSR count). The third kappa shape index (κ3) is 3.39. The number of ether oxygens (including phenoxy) is 1. The van der Waals surface area contributed by atoms with E-state index < -0.39 is 49.9 Å². The van der Waals surface area contributed by atoms with Crippen LogP contribution < -0.4 is 4.74 Å². The summed E-state index contributed by atoms with van der Waals surface area (Å²) in [5.74, 6) is -1.71. The molecule has 1 aromatic carbocycles. The van der Waals surface area contributed by atoms with Gasteiger partial charge in [-0.15, -0.1) is 0 Å². The molecule has 0 unspecified atom stereocenters. The van der Waals surface area contributed by atoms with E-state index in [-0.39, 0.29) is 28.6 Å². The van der Waals surface area contributed by atoms with Crippen molar-refractivity contribution in [3.63, 3.8) is 0 Å².